The van der Waals surface area contributed by atoms with E-state index in [1.165, 1.54) is 5.57 Å². The fourth-order valence-corrected chi connectivity index (χ4v) is 2.72. The van der Waals surface area contributed by atoms with Crippen molar-refractivity contribution >= 4 is 5.69 Å². The van der Waals surface area contributed by atoms with Gasteiger partial charge in [-0.25, -0.2) is 0 Å². The summed E-state index contributed by atoms with van der Waals surface area (Å²) in [6, 6.07) is 10.3. The van der Waals surface area contributed by atoms with Crippen LogP contribution in [0, 0.1) is 18.3 Å². The Balaban J connectivity index is 3.32. The van der Waals surface area contributed by atoms with Crippen LogP contribution in [-0.4, -0.2) is 13.1 Å². The normalized spacial score (nSPS) is 15.0. The second-order valence-corrected chi connectivity index (χ2v) is 6.24. The molecule has 0 radical (unpaired) electrons. The molecule has 0 amide bonds. The van der Waals surface area contributed by atoms with Crippen molar-refractivity contribution in [2.45, 2.75) is 33.2 Å². The first kappa shape index (κ1) is 21.3. The van der Waals surface area contributed by atoms with Gasteiger partial charge in [0.2, 0.25) is 0 Å². The summed E-state index contributed by atoms with van der Waals surface area (Å²) in [6.45, 7) is 10.2. The van der Waals surface area contributed by atoms with Crippen molar-refractivity contribution in [1.82, 2.24) is 0 Å². The zero-order chi connectivity index (χ0) is 19.4. The predicted octanol–water partition coefficient (Wildman–Crippen LogP) is 6.34. The molecule has 1 heteroatoms. The van der Waals surface area contributed by atoms with Crippen LogP contribution >= 0.6 is 0 Å². The molecular weight excluding hydrogens is 314 g/mol. The van der Waals surface area contributed by atoms with Crippen LogP contribution in [0.15, 0.2) is 90.6 Å². The number of allylic oxidation sites excluding steroid dienone is 7. The molecule has 136 valence electrons. The third-order valence-corrected chi connectivity index (χ3v) is 4.55. The van der Waals surface area contributed by atoms with Crippen LogP contribution in [0.2, 0.25) is 0 Å². The van der Waals surface area contributed by atoms with Crippen LogP contribution in [0.25, 0.3) is 0 Å². The van der Waals surface area contributed by atoms with E-state index in [0.717, 1.165) is 17.7 Å². The third kappa shape index (κ3) is 6.30. The Kier molecular flexibility index (Phi) is 9.65. The van der Waals surface area contributed by atoms with E-state index in [1.54, 1.807) is 6.08 Å². The summed E-state index contributed by atoms with van der Waals surface area (Å²) in [5.41, 5.74) is 3.36. The van der Waals surface area contributed by atoms with Crippen molar-refractivity contribution in [3.63, 3.8) is 0 Å². The van der Waals surface area contributed by atoms with Crippen LogP contribution in [-0.2, 0) is 0 Å². The highest BCUT2D eigenvalue weighted by Crippen LogP contribution is 2.23. The molecule has 0 fully saturated rings. The minimum atomic E-state index is -0.0177. The van der Waals surface area contributed by atoms with Crippen molar-refractivity contribution < 1.29 is 0 Å². The standard InChI is InChI=1S/C25H31N/c1-7-11-12-16-19-25(26(6)24-17-14-13-15-18-24)23(10-4)20-22(9-3)21(5)8-2/h4,7,9,11-21,25H,1,8H2,2-3,5-6H3/b12-11-,19-16-,22-9+,23-20+. The average molecular weight is 346 g/mol. The molecule has 0 N–H and O–H groups in total. The summed E-state index contributed by atoms with van der Waals surface area (Å²) in [5, 5.41) is 0. The van der Waals surface area contributed by atoms with Crippen molar-refractivity contribution in [1.29, 1.82) is 0 Å². The van der Waals surface area contributed by atoms with Gasteiger partial charge >= 0.3 is 0 Å². The summed E-state index contributed by atoms with van der Waals surface area (Å²) >= 11 is 0. The first-order chi connectivity index (χ1) is 12.6. The summed E-state index contributed by atoms with van der Waals surface area (Å²) in [5.74, 6) is 3.40. The van der Waals surface area contributed by atoms with E-state index in [1.807, 2.05) is 36.4 Å². The van der Waals surface area contributed by atoms with Gasteiger partial charge in [0.15, 0.2) is 0 Å². The molecule has 2 atom stereocenters. The van der Waals surface area contributed by atoms with E-state index < -0.39 is 0 Å². The lowest BCUT2D eigenvalue weighted by Gasteiger charge is -2.28. The second-order valence-electron chi connectivity index (χ2n) is 6.24. The second kappa shape index (κ2) is 11.8. The fraction of sp³-hybridized carbons (Fsp3) is 0.280. The SMILES string of the molecule is C#C/C(=C\C(=C/C)C(C)CC)C(/C=C\C=C/C=C)N(C)c1ccccc1. The third-order valence-electron chi connectivity index (χ3n) is 4.55. The molecule has 1 rings (SSSR count). The Bertz CT molecular complexity index is 710. The number of likely N-dealkylation sites (N-methyl/N-ethyl adjacent to an activating group) is 1. The highest BCUT2D eigenvalue weighted by atomic mass is 15.1. The molecular formula is C25H31N. The summed E-state index contributed by atoms with van der Waals surface area (Å²) in [6.07, 6.45) is 21.1. The van der Waals surface area contributed by atoms with E-state index in [0.29, 0.717) is 5.92 Å². The van der Waals surface area contributed by atoms with Crippen LogP contribution < -0.4 is 4.90 Å². The lowest BCUT2D eigenvalue weighted by molar-refractivity contribution is 0.667. The van der Waals surface area contributed by atoms with Crippen LogP contribution in [0.3, 0.4) is 0 Å². The van der Waals surface area contributed by atoms with Crippen LogP contribution in [0.4, 0.5) is 5.69 Å². The van der Waals surface area contributed by atoms with Gasteiger partial charge < -0.3 is 4.90 Å². The van der Waals surface area contributed by atoms with Crippen molar-refractivity contribution in [2.24, 2.45) is 5.92 Å². The van der Waals surface area contributed by atoms with E-state index >= 15 is 0 Å². The zero-order valence-electron chi connectivity index (χ0n) is 16.5. The first-order valence-electron chi connectivity index (χ1n) is 9.17. The maximum absolute atomic E-state index is 5.92. The number of nitrogens with zero attached hydrogens (tertiary/aromatic N) is 1. The lowest BCUT2D eigenvalue weighted by Crippen LogP contribution is -2.31. The van der Waals surface area contributed by atoms with Crippen molar-refractivity contribution in [3.05, 3.63) is 90.6 Å². The lowest BCUT2D eigenvalue weighted by atomic mass is 9.93. The Labute approximate surface area is 160 Å². The number of hydrogen-bond donors (Lipinski definition) is 0. The molecule has 0 bridgehead atoms. The molecule has 0 saturated heterocycles. The Hall–Kier alpha value is -2.72. The number of terminal acetylenes is 1. The first-order valence-corrected chi connectivity index (χ1v) is 9.17. The van der Waals surface area contributed by atoms with Gasteiger partial charge in [-0.05, 0) is 43.0 Å². The van der Waals surface area contributed by atoms with Gasteiger partial charge in [0, 0.05) is 18.3 Å². The number of anilines is 1. The van der Waals surface area contributed by atoms with E-state index in [4.69, 9.17) is 6.42 Å². The Morgan fingerprint density at radius 3 is 2.46 bits per heavy atom. The number of rotatable bonds is 9. The number of hydrogen-bond acceptors (Lipinski definition) is 1. The highest BCUT2D eigenvalue weighted by molar-refractivity contribution is 5.54. The van der Waals surface area contributed by atoms with Gasteiger partial charge in [0.1, 0.15) is 0 Å². The zero-order valence-corrected chi connectivity index (χ0v) is 16.5. The molecule has 26 heavy (non-hydrogen) atoms. The molecule has 0 heterocycles. The largest absolute Gasteiger partial charge is 0.363 e. The quantitative estimate of drug-likeness (QED) is 0.373. The van der Waals surface area contributed by atoms with Crippen molar-refractivity contribution in [2.75, 3.05) is 11.9 Å². The van der Waals surface area contributed by atoms with Crippen LogP contribution in [0.1, 0.15) is 27.2 Å². The molecule has 1 aromatic carbocycles. The highest BCUT2D eigenvalue weighted by Gasteiger charge is 2.17. The molecule has 1 aromatic rings. The smallest absolute Gasteiger partial charge is 0.0804 e. The maximum Gasteiger partial charge on any atom is 0.0804 e. The van der Waals surface area contributed by atoms with Gasteiger partial charge in [-0.15, -0.1) is 6.42 Å². The molecule has 0 aliphatic carbocycles. The molecule has 0 spiro atoms. The topological polar surface area (TPSA) is 3.24 Å². The summed E-state index contributed by atoms with van der Waals surface area (Å²) < 4.78 is 0. The van der Waals surface area contributed by atoms with Gasteiger partial charge in [0.25, 0.3) is 0 Å². The Morgan fingerprint density at radius 2 is 1.92 bits per heavy atom. The number of para-hydroxylation sites is 1. The molecule has 0 aromatic heterocycles. The van der Waals surface area contributed by atoms with Gasteiger partial charge in [0.05, 0.1) is 6.04 Å². The fourth-order valence-electron chi connectivity index (χ4n) is 2.72. The monoisotopic (exact) mass is 345 g/mol. The van der Waals surface area contributed by atoms with Crippen LogP contribution in [0.5, 0.6) is 0 Å². The maximum atomic E-state index is 5.92. The molecule has 1 nitrogen and oxygen atoms in total. The van der Waals surface area contributed by atoms with Gasteiger partial charge in [-0.2, -0.15) is 0 Å². The summed E-state index contributed by atoms with van der Waals surface area (Å²) in [4.78, 5) is 2.20. The van der Waals surface area contributed by atoms with E-state index in [2.05, 4.69) is 75.6 Å². The molecule has 2 unspecified atom stereocenters. The minimum absolute atomic E-state index is 0.0177. The molecule has 0 aliphatic rings. The minimum Gasteiger partial charge on any atom is -0.363 e. The Morgan fingerprint density at radius 1 is 1.23 bits per heavy atom. The van der Waals surface area contributed by atoms with E-state index in [-0.39, 0.29) is 6.04 Å². The molecule has 0 saturated carbocycles. The van der Waals surface area contributed by atoms with Crippen molar-refractivity contribution in [3.8, 4) is 12.3 Å². The number of benzene rings is 1. The predicted molar refractivity (Wildman–Crippen MR) is 117 cm³/mol. The summed E-state index contributed by atoms with van der Waals surface area (Å²) in [7, 11) is 2.07. The van der Waals surface area contributed by atoms with E-state index in [9.17, 15) is 0 Å². The molecule has 0 aliphatic heterocycles. The average Bonchev–Trinajstić information content (AvgIpc) is 2.69. The van der Waals surface area contributed by atoms with Gasteiger partial charge in [-0.1, -0.05) is 81.0 Å². The van der Waals surface area contributed by atoms with Gasteiger partial charge in [-0.3, -0.25) is 0 Å².